The molecule has 0 aliphatic rings. The summed E-state index contributed by atoms with van der Waals surface area (Å²) in [5.41, 5.74) is 3.12. The number of hydrogen-bond donors (Lipinski definition) is 2. The first-order valence-electron chi connectivity index (χ1n) is 8.18. The number of ether oxygens (including phenoxy) is 1. The number of nitrogens with one attached hydrogen (secondary N) is 2. The summed E-state index contributed by atoms with van der Waals surface area (Å²) in [4.78, 5) is 26.8. The molecule has 0 atom stereocenters. The first kappa shape index (κ1) is 16.8. The summed E-state index contributed by atoms with van der Waals surface area (Å²) in [6.07, 6.45) is 1.03. The summed E-state index contributed by atoms with van der Waals surface area (Å²) in [5, 5.41) is 3.87. The fraction of sp³-hybridized carbons (Fsp3) is 0.200. The second kappa shape index (κ2) is 7.21. The minimum atomic E-state index is -0.135. The molecule has 128 valence electrons. The van der Waals surface area contributed by atoms with Crippen molar-refractivity contribution in [1.29, 1.82) is 0 Å². The van der Waals surface area contributed by atoms with Gasteiger partial charge in [0.25, 0.3) is 0 Å². The monoisotopic (exact) mass is 336 g/mol. The van der Waals surface area contributed by atoms with Crippen molar-refractivity contribution in [1.82, 2.24) is 4.98 Å². The number of pyridine rings is 1. The third kappa shape index (κ3) is 3.88. The van der Waals surface area contributed by atoms with Crippen LogP contribution in [0.25, 0.3) is 10.9 Å². The van der Waals surface area contributed by atoms with Crippen molar-refractivity contribution >= 4 is 22.5 Å². The van der Waals surface area contributed by atoms with Gasteiger partial charge in [-0.3, -0.25) is 9.59 Å². The predicted octanol–water partition coefficient (Wildman–Crippen LogP) is 3.28. The second-order valence-electron chi connectivity index (χ2n) is 5.85. The Morgan fingerprint density at radius 1 is 1.16 bits per heavy atom. The Morgan fingerprint density at radius 3 is 2.76 bits per heavy atom. The molecule has 0 saturated heterocycles. The fourth-order valence-electron chi connectivity index (χ4n) is 2.88. The summed E-state index contributed by atoms with van der Waals surface area (Å²) >= 11 is 0. The normalized spacial score (nSPS) is 10.6. The smallest absolute Gasteiger partial charge is 0.248 e. The molecule has 5 nitrogen and oxygen atoms in total. The highest BCUT2D eigenvalue weighted by Gasteiger charge is 2.07. The van der Waals surface area contributed by atoms with Gasteiger partial charge in [-0.2, -0.15) is 0 Å². The van der Waals surface area contributed by atoms with Gasteiger partial charge in [0.05, 0.1) is 19.0 Å². The van der Waals surface area contributed by atoms with Gasteiger partial charge in [-0.25, -0.2) is 0 Å². The van der Waals surface area contributed by atoms with Crippen molar-refractivity contribution in [3.63, 3.8) is 0 Å². The zero-order valence-corrected chi connectivity index (χ0v) is 14.3. The molecular formula is C20H20N2O3. The zero-order valence-electron chi connectivity index (χ0n) is 14.3. The van der Waals surface area contributed by atoms with Crippen LogP contribution in [0.15, 0.2) is 53.3 Å². The molecule has 1 heterocycles. The minimum absolute atomic E-state index is 0.124. The summed E-state index contributed by atoms with van der Waals surface area (Å²) in [6.45, 7) is 2.01. The van der Waals surface area contributed by atoms with Crippen LogP contribution in [-0.2, 0) is 17.6 Å². The zero-order chi connectivity index (χ0) is 17.8. The van der Waals surface area contributed by atoms with Crippen molar-refractivity contribution in [2.75, 3.05) is 12.4 Å². The summed E-state index contributed by atoms with van der Waals surface area (Å²) in [5.74, 6) is 0.599. The number of amides is 1. The topological polar surface area (TPSA) is 71.2 Å². The van der Waals surface area contributed by atoms with Crippen molar-refractivity contribution < 1.29 is 9.53 Å². The fourth-order valence-corrected chi connectivity index (χ4v) is 2.88. The first-order valence-corrected chi connectivity index (χ1v) is 8.18. The molecule has 0 fully saturated rings. The molecule has 1 amide bonds. The third-order valence-electron chi connectivity index (χ3n) is 4.09. The number of carbonyl (C=O) groups is 1. The molecule has 0 bridgehead atoms. The van der Waals surface area contributed by atoms with Crippen LogP contribution >= 0.6 is 0 Å². The van der Waals surface area contributed by atoms with Gasteiger partial charge in [-0.1, -0.05) is 25.1 Å². The Balaban J connectivity index is 1.80. The average Bonchev–Trinajstić information content (AvgIpc) is 2.60. The van der Waals surface area contributed by atoms with E-state index in [0.717, 1.165) is 34.2 Å². The number of aromatic nitrogens is 1. The first-order chi connectivity index (χ1) is 12.1. The molecule has 0 spiro atoms. The number of aromatic amines is 1. The third-order valence-corrected chi connectivity index (χ3v) is 4.09. The van der Waals surface area contributed by atoms with E-state index in [1.807, 2.05) is 43.3 Å². The molecule has 3 rings (SSSR count). The van der Waals surface area contributed by atoms with E-state index >= 15 is 0 Å². The van der Waals surface area contributed by atoms with Gasteiger partial charge in [-0.05, 0) is 41.8 Å². The van der Waals surface area contributed by atoms with Crippen LogP contribution in [0.2, 0.25) is 0 Å². The van der Waals surface area contributed by atoms with Gasteiger partial charge in [0.2, 0.25) is 11.5 Å². The predicted molar refractivity (Wildman–Crippen MR) is 99.3 cm³/mol. The Kier molecular flexibility index (Phi) is 4.84. The Morgan fingerprint density at radius 2 is 2.00 bits per heavy atom. The molecule has 25 heavy (non-hydrogen) atoms. The molecular weight excluding hydrogens is 316 g/mol. The van der Waals surface area contributed by atoms with E-state index in [4.69, 9.17) is 4.74 Å². The standard InChI is InChI=1S/C20H20N2O3/c1-3-14-11-20(24)22-18-12-15(7-8-17(14)18)21-19(23)10-13-5-4-6-16(9-13)25-2/h4-9,11-12H,3,10H2,1-2H3,(H,21,23)(H,22,24). The number of benzene rings is 2. The molecule has 5 heteroatoms. The lowest BCUT2D eigenvalue weighted by atomic mass is 10.1. The molecule has 2 aromatic carbocycles. The van der Waals surface area contributed by atoms with E-state index in [1.165, 1.54) is 0 Å². The maximum absolute atomic E-state index is 12.3. The molecule has 3 aromatic rings. The van der Waals surface area contributed by atoms with Crippen LogP contribution in [0.1, 0.15) is 18.1 Å². The summed E-state index contributed by atoms with van der Waals surface area (Å²) in [7, 11) is 1.60. The Bertz CT molecular complexity index is 976. The quantitative estimate of drug-likeness (QED) is 0.751. The van der Waals surface area contributed by atoms with E-state index in [9.17, 15) is 9.59 Å². The van der Waals surface area contributed by atoms with Crippen molar-refractivity contribution in [3.05, 3.63) is 70.0 Å². The number of carbonyl (C=O) groups excluding carboxylic acids is 1. The van der Waals surface area contributed by atoms with Crippen LogP contribution in [0.3, 0.4) is 0 Å². The van der Waals surface area contributed by atoms with E-state index in [0.29, 0.717) is 5.69 Å². The number of hydrogen-bond acceptors (Lipinski definition) is 3. The van der Waals surface area contributed by atoms with Gasteiger partial charge in [0, 0.05) is 17.1 Å². The number of H-pyrrole nitrogens is 1. The highest BCUT2D eigenvalue weighted by Crippen LogP contribution is 2.20. The highest BCUT2D eigenvalue weighted by atomic mass is 16.5. The van der Waals surface area contributed by atoms with Crippen molar-refractivity contribution in [2.24, 2.45) is 0 Å². The maximum atomic E-state index is 12.3. The van der Waals surface area contributed by atoms with Gasteiger partial charge >= 0.3 is 0 Å². The molecule has 1 aromatic heterocycles. The van der Waals surface area contributed by atoms with Crippen LogP contribution in [0.5, 0.6) is 5.75 Å². The molecule has 2 N–H and O–H groups in total. The summed E-state index contributed by atoms with van der Waals surface area (Å²) in [6, 6.07) is 14.6. The van der Waals surface area contributed by atoms with Gasteiger partial charge < -0.3 is 15.0 Å². The van der Waals surface area contributed by atoms with E-state index in [2.05, 4.69) is 10.3 Å². The van der Waals surface area contributed by atoms with Gasteiger partial charge in [0.15, 0.2) is 0 Å². The number of anilines is 1. The van der Waals surface area contributed by atoms with E-state index < -0.39 is 0 Å². The van der Waals surface area contributed by atoms with Crippen LogP contribution < -0.4 is 15.6 Å². The minimum Gasteiger partial charge on any atom is -0.497 e. The lowest BCUT2D eigenvalue weighted by molar-refractivity contribution is -0.115. The summed E-state index contributed by atoms with van der Waals surface area (Å²) < 4.78 is 5.17. The second-order valence-corrected chi connectivity index (χ2v) is 5.85. The average molecular weight is 336 g/mol. The molecule has 0 aliphatic heterocycles. The Labute approximate surface area is 145 Å². The largest absolute Gasteiger partial charge is 0.497 e. The van der Waals surface area contributed by atoms with E-state index in [1.54, 1.807) is 19.2 Å². The number of methoxy groups -OCH3 is 1. The van der Waals surface area contributed by atoms with Crippen LogP contribution in [0, 0.1) is 0 Å². The number of fused-ring (bicyclic) bond motifs is 1. The molecule has 0 unspecified atom stereocenters. The molecule has 0 radical (unpaired) electrons. The maximum Gasteiger partial charge on any atom is 0.248 e. The highest BCUT2D eigenvalue weighted by molar-refractivity contribution is 5.95. The number of aryl methyl sites for hydroxylation is 1. The lowest BCUT2D eigenvalue weighted by Gasteiger charge is -2.09. The van der Waals surface area contributed by atoms with Crippen LogP contribution in [0.4, 0.5) is 5.69 Å². The van der Waals surface area contributed by atoms with Crippen molar-refractivity contribution in [2.45, 2.75) is 19.8 Å². The SMILES string of the molecule is CCc1cc(=O)[nH]c2cc(NC(=O)Cc3cccc(OC)c3)ccc12. The Hall–Kier alpha value is -3.08. The van der Waals surface area contributed by atoms with E-state index in [-0.39, 0.29) is 17.9 Å². The van der Waals surface area contributed by atoms with Gasteiger partial charge in [0.1, 0.15) is 5.75 Å². The molecule has 0 saturated carbocycles. The lowest BCUT2D eigenvalue weighted by Crippen LogP contribution is -2.14. The van der Waals surface area contributed by atoms with Crippen molar-refractivity contribution in [3.8, 4) is 5.75 Å². The van der Waals surface area contributed by atoms with Gasteiger partial charge in [-0.15, -0.1) is 0 Å². The number of rotatable bonds is 5. The molecule has 0 aliphatic carbocycles. The van der Waals surface area contributed by atoms with Crippen LogP contribution in [-0.4, -0.2) is 18.0 Å².